The fourth-order valence-electron chi connectivity index (χ4n) is 2.13. The highest BCUT2D eigenvalue weighted by molar-refractivity contribution is 5.99. The van der Waals surface area contributed by atoms with Crippen LogP contribution in [0.1, 0.15) is 16.8 Å². The lowest BCUT2D eigenvalue weighted by Crippen LogP contribution is -2.19. The van der Waals surface area contributed by atoms with Crippen LogP contribution in [0.3, 0.4) is 0 Å². The van der Waals surface area contributed by atoms with Gasteiger partial charge >= 0.3 is 0 Å². The van der Waals surface area contributed by atoms with E-state index in [2.05, 4.69) is 0 Å². The number of carbonyl (C=O) groups excluding carboxylic acids is 1. The SMILES string of the molecule is COc1ccc(C(=O)C2C=CC(N)C2)cc1OC. The van der Waals surface area contributed by atoms with Crippen LogP contribution in [0.5, 0.6) is 11.5 Å². The zero-order valence-corrected chi connectivity index (χ0v) is 10.6. The van der Waals surface area contributed by atoms with Gasteiger partial charge in [0.05, 0.1) is 14.2 Å². The minimum atomic E-state index is -0.127. The first-order valence-corrected chi connectivity index (χ1v) is 5.86. The molecule has 0 saturated carbocycles. The Morgan fingerprint density at radius 1 is 1.22 bits per heavy atom. The highest BCUT2D eigenvalue weighted by Crippen LogP contribution is 2.30. The zero-order valence-electron chi connectivity index (χ0n) is 10.6. The highest BCUT2D eigenvalue weighted by atomic mass is 16.5. The predicted octanol–water partition coefficient (Wildman–Crippen LogP) is 1.79. The van der Waals surface area contributed by atoms with Crippen LogP contribution in [-0.2, 0) is 0 Å². The zero-order chi connectivity index (χ0) is 13.1. The molecule has 4 heteroatoms. The molecule has 0 fully saturated rings. The van der Waals surface area contributed by atoms with Crippen molar-refractivity contribution < 1.29 is 14.3 Å². The summed E-state index contributed by atoms with van der Waals surface area (Å²) in [4.78, 5) is 12.3. The Morgan fingerprint density at radius 2 is 1.94 bits per heavy atom. The summed E-state index contributed by atoms with van der Waals surface area (Å²) < 4.78 is 10.3. The summed E-state index contributed by atoms with van der Waals surface area (Å²) in [7, 11) is 3.12. The van der Waals surface area contributed by atoms with E-state index in [1.54, 1.807) is 32.4 Å². The van der Waals surface area contributed by atoms with E-state index >= 15 is 0 Å². The fraction of sp³-hybridized carbons (Fsp3) is 0.357. The summed E-state index contributed by atoms with van der Waals surface area (Å²) in [6.45, 7) is 0. The summed E-state index contributed by atoms with van der Waals surface area (Å²) in [5, 5.41) is 0. The number of benzene rings is 1. The van der Waals surface area contributed by atoms with Gasteiger partial charge < -0.3 is 15.2 Å². The maximum Gasteiger partial charge on any atom is 0.169 e. The van der Waals surface area contributed by atoms with Gasteiger partial charge in [0.2, 0.25) is 0 Å². The summed E-state index contributed by atoms with van der Waals surface area (Å²) in [5.41, 5.74) is 6.38. The van der Waals surface area contributed by atoms with Gasteiger partial charge in [0.1, 0.15) is 0 Å². The molecular formula is C14H17NO3. The van der Waals surface area contributed by atoms with Crippen molar-refractivity contribution >= 4 is 5.78 Å². The third-order valence-corrected chi connectivity index (χ3v) is 3.12. The van der Waals surface area contributed by atoms with Crippen molar-refractivity contribution in [3.63, 3.8) is 0 Å². The van der Waals surface area contributed by atoms with Crippen molar-refractivity contribution in [3.05, 3.63) is 35.9 Å². The van der Waals surface area contributed by atoms with Gasteiger partial charge in [-0.2, -0.15) is 0 Å². The molecule has 2 N–H and O–H groups in total. The molecule has 0 aliphatic heterocycles. The maximum atomic E-state index is 12.3. The lowest BCUT2D eigenvalue weighted by atomic mass is 9.96. The Kier molecular flexibility index (Phi) is 3.67. The Labute approximate surface area is 106 Å². The molecule has 0 aromatic heterocycles. The van der Waals surface area contributed by atoms with Crippen molar-refractivity contribution in [1.82, 2.24) is 0 Å². The van der Waals surface area contributed by atoms with Gasteiger partial charge in [0.25, 0.3) is 0 Å². The summed E-state index contributed by atoms with van der Waals surface area (Å²) in [6.07, 6.45) is 4.43. The normalized spacial score (nSPS) is 21.9. The second-order valence-corrected chi connectivity index (χ2v) is 4.32. The van der Waals surface area contributed by atoms with E-state index in [-0.39, 0.29) is 17.7 Å². The lowest BCUT2D eigenvalue weighted by molar-refractivity contribution is 0.0942. The number of ketones is 1. The smallest absolute Gasteiger partial charge is 0.169 e. The molecule has 2 rings (SSSR count). The van der Waals surface area contributed by atoms with E-state index in [1.807, 2.05) is 12.2 Å². The Balaban J connectivity index is 2.23. The van der Waals surface area contributed by atoms with Crippen molar-refractivity contribution in [2.45, 2.75) is 12.5 Å². The van der Waals surface area contributed by atoms with E-state index in [9.17, 15) is 4.79 Å². The molecule has 96 valence electrons. The molecule has 0 radical (unpaired) electrons. The molecule has 1 aromatic rings. The molecule has 0 amide bonds. The molecule has 0 bridgehead atoms. The summed E-state index contributed by atoms with van der Waals surface area (Å²) >= 11 is 0. The first-order chi connectivity index (χ1) is 8.65. The molecule has 18 heavy (non-hydrogen) atoms. The lowest BCUT2D eigenvalue weighted by Gasteiger charge is -2.11. The van der Waals surface area contributed by atoms with Crippen LogP contribution in [0.4, 0.5) is 0 Å². The molecule has 2 atom stereocenters. The van der Waals surface area contributed by atoms with Crippen molar-refractivity contribution in [2.75, 3.05) is 14.2 Å². The number of hydrogen-bond acceptors (Lipinski definition) is 4. The first-order valence-electron chi connectivity index (χ1n) is 5.86. The van der Waals surface area contributed by atoms with Gasteiger partial charge in [0, 0.05) is 17.5 Å². The van der Waals surface area contributed by atoms with Crippen LogP contribution in [-0.4, -0.2) is 26.0 Å². The van der Waals surface area contributed by atoms with Crippen molar-refractivity contribution in [3.8, 4) is 11.5 Å². The van der Waals surface area contributed by atoms with Gasteiger partial charge in [-0.1, -0.05) is 12.2 Å². The maximum absolute atomic E-state index is 12.3. The van der Waals surface area contributed by atoms with Gasteiger partial charge in [-0.15, -0.1) is 0 Å². The van der Waals surface area contributed by atoms with Crippen LogP contribution < -0.4 is 15.2 Å². The third kappa shape index (κ3) is 2.38. The van der Waals surface area contributed by atoms with Crippen LogP contribution >= 0.6 is 0 Å². The Bertz CT molecular complexity index is 482. The van der Waals surface area contributed by atoms with E-state index in [1.165, 1.54) is 0 Å². The number of ether oxygens (including phenoxy) is 2. The summed E-state index contributed by atoms with van der Waals surface area (Å²) in [5.74, 6) is 1.13. The molecular weight excluding hydrogens is 230 g/mol. The standard InChI is InChI=1S/C14H17NO3/c1-17-12-6-4-10(8-13(12)18-2)14(16)9-3-5-11(15)7-9/h3-6,8-9,11H,7,15H2,1-2H3. The van der Waals surface area contributed by atoms with Crippen LogP contribution in [0.25, 0.3) is 0 Å². The van der Waals surface area contributed by atoms with Crippen LogP contribution in [0, 0.1) is 5.92 Å². The van der Waals surface area contributed by atoms with Crippen molar-refractivity contribution in [1.29, 1.82) is 0 Å². The average Bonchev–Trinajstić information content (AvgIpc) is 2.83. The van der Waals surface area contributed by atoms with Crippen LogP contribution in [0.2, 0.25) is 0 Å². The number of carbonyl (C=O) groups is 1. The molecule has 2 unspecified atom stereocenters. The molecule has 1 aromatic carbocycles. The second-order valence-electron chi connectivity index (χ2n) is 4.32. The van der Waals surface area contributed by atoms with Gasteiger partial charge in [-0.05, 0) is 24.6 Å². The van der Waals surface area contributed by atoms with Gasteiger partial charge in [-0.3, -0.25) is 4.79 Å². The number of Topliss-reactive ketones (excluding diaryl/α,β-unsaturated/α-hetero) is 1. The Hall–Kier alpha value is -1.81. The topological polar surface area (TPSA) is 61.5 Å². The summed E-state index contributed by atoms with van der Waals surface area (Å²) in [6, 6.07) is 5.18. The Morgan fingerprint density at radius 3 is 2.50 bits per heavy atom. The van der Waals surface area contributed by atoms with E-state index in [0.717, 1.165) is 0 Å². The van der Waals surface area contributed by atoms with Gasteiger partial charge in [0.15, 0.2) is 17.3 Å². The quantitative estimate of drug-likeness (QED) is 0.651. The molecule has 1 aliphatic rings. The minimum absolute atomic E-state index is 0.0147. The van der Waals surface area contributed by atoms with E-state index < -0.39 is 0 Å². The molecule has 0 heterocycles. The molecule has 0 saturated heterocycles. The van der Waals surface area contributed by atoms with Gasteiger partial charge in [-0.25, -0.2) is 0 Å². The molecule has 4 nitrogen and oxygen atoms in total. The molecule has 0 spiro atoms. The second kappa shape index (κ2) is 5.23. The van der Waals surface area contributed by atoms with E-state index in [0.29, 0.717) is 23.5 Å². The fourth-order valence-corrected chi connectivity index (χ4v) is 2.13. The predicted molar refractivity (Wildman–Crippen MR) is 69.1 cm³/mol. The number of hydrogen-bond donors (Lipinski definition) is 1. The highest BCUT2D eigenvalue weighted by Gasteiger charge is 2.24. The molecule has 1 aliphatic carbocycles. The van der Waals surface area contributed by atoms with E-state index in [4.69, 9.17) is 15.2 Å². The number of nitrogens with two attached hydrogens (primary N) is 1. The number of methoxy groups -OCH3 is 2. The first kappa shape index (κ1) is 12.6. The van der Waals surface area contributed by atoms with Crippen molar-refractivity contribution in [2.24, 2.45) is 11.7 Å². The van der Waals surface area contributed by atoms with Crippen LogP contribution in [0.15, 0.2) is 30.4 Å². The largest absolute Gasteiger partial charge is 0.493 e. The third-order valence-electron chi connectivity index (χ3n) is 3.12. The monoisotopic (exact) mass is 247 g/mol. The number of rotatable bonds is 4. The average molecular weight is 247 g/mol. The number of allylic oxidation sites excluding steroid dienone is 1. The minimum Gasteiger partial charge on any atom is -0.493 e.